The maximum Gasteiger partial charge on any atom is 0.159 e. The van der Waals surface area contributed by atoms with Crippen molar-refractivity contribution in [3.63, 3.8) is 0 Å². The van der Waals surface area contributed by atoms with Crippen molar-refractivity contribution in [2.45, 2.75) is 25.4 Å². The summed E-state index contributed by atoms with van der Waals surface area (Å²) in [5.41, 5.74) is 2.73. The number of rotatable bonds is 5. The number of hydrogen-bond acceptors (Lipinski definition) is 3. The van der Waals surface area contributed by atoms with Crippen molar-refractivity contribution in [1.82, 2.24) is 4.98 Å². The van der Waals surface area contributed by atoms with Gasteiger partial charge in [-0.25, -0.2) is 13.2 Å². The zero-order valence-corrected chi connectivity index (χ0v) is 17.9. The predicted molar refractivity (Wildman–Crippen MR) is 121 cm³/mol. The third-order valence-corrected chi connectivity index (χ3v) is 6.02. The molecular weight excluding hydrogens is 427 g/mol. The first-order valence-electron chi connectivity index (χ1n) is 10.9. The molecule has 1 aliphatic heterocycles. The van der Waals surface area contributed by atoms with E-state index in [1.165, 1.54) is 18.2 Å². The molecule has 0 saturated carbocycles. The SMILES string of the molecule is Fc1cc(OCc2ccccc2)c2cnc(C3CCOCC3)c(-c3ccc(F)c(F)c3)c2c1. The summed E-state index contributed by atoms with van der Waals surface area (Å²) in [5, 5.41) is 1.17. The smallest absolute Gasteiger partial charge is 0.159 e. The van der Waals surface area contributed by atoms with Crippen molar-refractivity contribution in [2.75, 3.05) is 13.2 Å². The van der Waals surface area contributed by atoms with Crippen molar-refractivity contribution in [3.05, 3.63) is 95.6 Å². The summed E-state index contributed by atoms with van der Waals surface area (Å²) in [5.74, 6) is -1.94. The van der Waals surface area contributed by atoms with Crippen molar-refractivity contribution in [2.24, 2.45) is 0 Å². The molecule has 4 aromatic rings. The topological polar surface area (TPSA) is 31.4 Å². The monoisotopic (exact) mass is 449 g/mol. The zero-order chi connectivity index (χ0) is 22.8. The van der Waals surface area contributed by atoms with E-state index in [0.717, 1.165) is 36.2 Å². The van der Waals surface area contributed by atoms with Gasteiger partial charge in [0.25, 0.3) is 0 Å². The second-order valence-corrected chi connectivity index (χ2v) is 8.17. The molecule has 3 nitrogen and oxygen atoms in total. The minimum atomic E-state index is -0.959. The second kappa shape index (κ2) is 9.24. The molecule has 1 fully saturated rings. The van der Waals surface area contributed by atoms with E-state index >= 15 is 0 Å². The second-order valence-electron chi connectivity index (χ2n) is 8.17. The highest BCUT2D eigenvalue weighted by molar-refractivity contribution is 6.00. The van der Waals surface area contributed by atoms with Gasteiger partial charge in [-0.1, -0.05) is 36.4 Å². The first kappa shape index (κ1) is 21.5. The van der Waals surface area contributed by atoms with Gasteiger partial charge in [-0.05, 0) is 47.6 Å². The van der Waals surface area contributed by atoms with Crippen molar-refractivity contribution in [3.8, 4) is 16.9 Å². The molecule has 0 spiro atoms. The highest BCUT2D eigenvalue weighted by Crippen LogP contribution is 2.41. The molecule has 33 heavy (non-hydrogen) atoms. The molecule has 5 rings (SSSR count). The molecule has 1 aromatic heterocycles. The highest BCUT2D eigenvalue weighted by atomic mass is 19.2. The van der Waals surface area contributed by atoms with Crippen LogP contribution in [-0.4, -0.2) is 18.2 Å². The third kappa shape index (κ3) is 4.44. The molecule has 0 amide bonds. The van der Waals surface area contributed by atoms with Gasteiger partial charge < -0.3 is 9.47 Å². The molecule has 0 unspecified atom stereocenters. The fraction of sp³-hybridized carbons (Fsp3) is 0.222. The quantitative estimate of drug-likeness (QED) is 0.336. The molecule has 6 heteroatoms. The largest absolute Gasteiger partial charge is 0.488 e. The predicted octanol–water partition coefficient (Wildman–Crippen LogP) is 6.79. The normalized spacial score (nSPS) is 14.5. The Morgan fingerprint density at radius 3 is 2.42 bits per heavy atom. The Balaban J connectivity index is 1.67. The Bertz CT molecular complexity index is 1290. The maximum atomic E-state index is 14.8. The summed E-state index contributed by atoms with van der Waals surface area (Å²) >= 11 is 0. The molecule has 0 aliphatic carbocycles. The molecule has 0 radical (unpaired) electrons. The summed E-state index contributed by atoms with van der Waals surface area (Å²) in [7, 11) is 0. The van der Waals surface area contributed by atoms with E-state index in [1.54, 1.807) is 6.20 Å². The van der Waals surface area contributed by atoms with Crippen LogP contribution < -0.4 is 4.74 Å². The average Bonchev–Trinajstić information content (AvgIpc) is 2.84. The summed E-state index contributed by atoms with van der Waals surface area (Å²) in [6.45, 7) is 1.45. The Morgan fingerprint density at radius 1 is 0.879 bits per heavy atom. The number of pyridine rings is 1. The van der Waals surface area contributed by atoms with E-state index < -0.39 is 17.5 Å². The average molecular weight is 449 g/mol. The molecule has 1 aliphatic rings. The number of benzene rings is 3. The Kier molecular flexibility index (Phi) is 6.01. The number of aromatic nitrogens is 1. The lowest BCUT2D eigenvalue weighted by Gasteiger charge is -2.25. The lowest BCUT2D eigenvalue weighted by atomic mass is 9.87. The van der Waals surface area contributed by atoms with Crippen LogP contribution in [0.15, 0.2) is 66.9 Å². The van der Waals surface area contributed by atoms with Gasteiger partial charge >= 0.3 is 0 Å². The molecule has 2 heterocycles. The van der Waals surface area contributed by atoms with Gasteiger partial charge in [0.15, 0.2) is 11.6 Å². The Morgan fingerprint density at radius 2 is 1.67 bits per heavy atom. The zero-order valence-electron chi connectivity index (χ0n) is 17.9. The lowest BCUT2D eigenvalue weighted by molar-refractivity contribution is 0.0846. The van der Waals surface area contributed by atoms with Crippen molar-refractivity contribution in [1.29, 1.82) is 0 Å². The van der Waals surface area contributed by atoms with E-state index in [9.17, 15) is 13.2 Å². The first-order valence-corrected chi connectivity index (χ1v) is 10.9. The fourth-order valence-electron chi connectivity index (χ4n) is 4.36. The van der Waals surface area contributed by atoms with Crippen LogP contribution in [0.25, 0.3) is 21.9 Å². The van der Waals surface area contributed by atoms with Gasteiger partial charge in [0.05, 0.1) is 5.69 Å². The first-order chi connectivity index (χ1) is 16.1. The lowest BCUT2D eigenvalue weighted by Crippen LogP contribution is -2.16. The van der Waals surface area contributed by atoms with Gasteiger partial charge in [-0.15, -0.1) is 0 Å². The molecule has 0 bridgehead atoms. The fourth-order valence-corrected chi connectivity index (χ4v) is 4.36. The van der Waals surface area contributed by atoms with Gasteiger partial charge in [0.2, 0.25) is 0 Å². The molecular formula is C27H22F3NO2. The minimum Gasteiger partial charge on any atom is -0.488 e. The van der Waals surface area contributed by atoms with Crippen LogP contribution >= 0.6 is 0 Å². The number of ether oxygens (including phenoxy) is 2. The van der Waals surface area contributed by atoms with Crippen LogP contribution in [0.3, 0.4) is 0 Å². The van der Waals surface area contributed by atoms with Crippen LogP contribution in [0.4, 0.5) is 13.2 Å². The highest BCUT2D eigenvalue weighted by Gasteiger charge is 2.24. The van der Waals surface area contributed by atoms with Gasteiger partial charge in [0, 0.05) is 42.3 Å². The van der Waals surface area contributed by atoms with Crippen LogP contribution in [0.2, 0.25) is 0 Å². The number of nitrogens with zero attached hydrogens (tertiary/aromatic N) is 1. The number of fused-ring (bicyclic) bond motifs is 1. The van der Waals surface area contributed by atoms with E-state index in [-0.39, 0.29) is 12.5 Å². The minimum absolute atomic E-state index is 0.0724. The van der Waals surface area contributed by atoms with Gasteiger partial charge in [-0.3, -0.25) is 4.98 Å². The Hall–Kier alpha value is -3.38. The van der Waals surface area contributed by atoms with Gasteiger partial charge in [-0.2, -0.15) is 0 Å². The third-order valence-electron chi connectivity index (χ3n) is 6.02. The number of halogens is 3. The Labute approximate surface area is 189 Å². The van der Waals surface area contributed by atoms with E-state index in [4.69, 9.17) is 14.5 Å². The van der Waals surface area contributed by atoms with Crippen LogP contribution in [-0.2, 0) is 11.3 Å². The summed E-state index contributed by atoms with van der Waals surface area (Å²) in [4.78, 5) is 4.73. The van der Waals surface area contributed by atoms with Crippen molar-refractivity contribution < 1.29 is 22.6 Å². The molecule has 0 N–H and O–H groups in total. The van der Waals surface area contributed by atoms with Gasteiger partial charge in [0.1, 0.15) is 18.2 Å². The number of hydrogen-bond donors (Lipinski definition) is 0. The maximum absolute atomic E-state index is 14.8. The van der Waals surface area contributed by atoms with Crippen LogP contribution in [0.5, 0.6) is 5.75 Å². The summed E-state index contributed by atoms with van der Waals surface area (Å²) in [6, 6.07) is 16.1. The van der Waals surface area contributed by atoms with E-state index in [2.05, 4.69) is 0 Å². The van der Waals surface area contributed by atoms with E-state index in [1.807, 2.05) is 30.3 Å². The molecule has 1 saturated heterocycles. The summed E-state index contributed by atoms with van der Waals surface area (Å²) in [6.07, 6.45) is 3.19. The summed E-state index contributed by atoms with van der Waals surface area (Å²) < 4.78 is 54.1. The van der Waals surface area contributed by atoms with Crippen LogP contribution in [0, 0.1) is 17.5 Å². The van der Waals surface area contributed by atoms with E-state index in [0.29, 0.717) is 40.9 Å². The van der Waals surface area contributed by atoms with Crippen molar-refractivity contribution >= 4 is 10.8 Å². The van der Waals surface area contributed by atoms with Crippen LogP contribution in [0.1, 0.15) is 30.0 Å². The molecule has 3 aromatic carbocycles. The molecule has 168 valence electrons. The molecule has 0 atom stereocenters. The standard InChI is InChI=1S/C27H22F3NO2/c28-20-13-21-22(25(14-20)33-16-17-4-2-1-3-5-17)15-31-27(18-8-10-32-11-9-18)26(21)19-6-7-23(29)24(30)12-19/h1-7,12-15,18H,8-11,16H2.